The van der Waals surface area contributed by atoms with Crippen LogP contribution in [0.5, 0.6) is 0 Å². The summed E-state index contributed by atoms with van der Waals surface area (Å²) in [6.07, 6.45) is 3.37. The Morgan fingerprint density at radius 1 is 0.744 bits per heavy atom. The molecule has 2 N–H and O–H groups in total. The van der Waals surface area contributed by atoms with Crippen LogP contribution in [0.4, 0.5) is 11.4 Å². The third-order valence-corrected chi connectivity index (χ3v) is 8.12. The van der Waals surface area contributed by atoms with Crippen LogP contribution in [0, 0.1) is 6.07 Å². The summed E-state index contributed by atoms with van der Waals surface area (Å²) in [4.78, 5) is 18.3. The summed E-state index contributed by atoms with van der Waals surface area (Å²) in [5.41, 5.74) is 6.25. The molecule has 4 aromatic rings. The summed E-state index contributed by atoms with van der Waals surface area (Å²) in [5.74, 6) is 0. The topological polar surface area (TPSA) is 79.2 Å². The van der Waals surface area contributed by atoms with E-state index in [1.807, 2.05) is 54.9 Å². The predicted molar refractivity (Wildman–Crippen MR) is 175 cm³/mol. The molecule has 2 aromatic heterocycles. The van der Waals surface area contributed by atoms with Crippen molar-refractivity contribution in [3.05, 3.63) is 97.3 Å². The maximum atomic E-state index is 8.56. The van der Waals surface area contributed by atoms with Crippen molar-refractivity contribution in [1.29, 1.82) is 0 Å². The Morgan fingerprint density at radius 2 is 1.26 bits per heavy atom. The molecule has 0 saturated carbocycles. The van der Waals surface area contributed by atoms with Crippen LogP contribution in [0.25, 0.3) is 22.5 Å². The van der Waals surface area contributed by atoms with Crippen LogP contribution in [-0.4, -0.2) is 88.1 Å². The fourth-order valence-electron chi connectivity index (χ4n) is 5.14. The molecule has 226 valence electrons. The summed E-state index contributed by atoms with van der Waals surface area (Å²) in [5, 5.41) is 17.1. The fourth-order valence-corrected chi connectivity index (χ4v) is 6.31. The first-order valence-corrected chi connectivity index (χ1v) is 15.4. The first-order valence-electron chi connectivity index (χ1n) is 14.3. The van der Waals surface area contributed by atoms with Crippen LogP contribution in [0.15, 0.2) is 91.3 Å². The molecule has 1 aliphatic heterocycles. The zero-order valence-electron chi connectivity index (χ0n) is 25.6. The van der Waals surface area contributed by atoms with Crippen molar-refractivity contribution in [2.75, 3.05) is 37.8 Å². The van der Waals surface area contributed by atoms with Crippen LogP contribution in [-0.2, 0) is 19.4 Å². The van der Waals surface area contributed by atoms with E-state index in [0.29, 0.717) is 6.42 Å². The van der Waals surface area contributed by atoms with Crippen molar-refractivity contribution in [2.24, 2.45) is 0 Å². The molecule has 1 saturated heterocycles. The Morgan fingerprint density at radius 3 is 1.67 bits per heavy atom. The van der Waals surface area contributed by atoms with Gasteiger partial charge in [-0.1, -0.05) is 0 Å². The SMILES string of the molecule is CC(O)CC(C)O.CN(C)B1B(N(C)C)N(c2ccc(-c3ccccn3)cc2)[C](=[Pt])N1c1[c-]cc(-c2ccccn2)cc1. The Kier molecular flexibility index (Phi) is 11.5. The van der Waals surface area contributed by atoms with E-state index >= 15 is 0 Å². The van der Waals surface area contributed by atoms with Gasteiger partial charge in [0.15, 0.2) is 0 Å². The number of aromatic nitrogens is 2. The van der Waals surface area contributed by atoms with Crippen molar-refractivity contribution in [2.45, 2.75) is 32.5 Å². The molecule has 3 heterocycles. The summed E-state index contributed by atoms with van der Waals surface area (Å²) < 4.78 is 1.12. The van der Waals surface area contributed by atoms with Gasteiger partial charge in [-0.3, -0.25) is 0 Å². The summed E-state index contributed by atoms with van der Waals surface area (Å²) in [7, 11) is 8.54. The van der Waals surface area contributed by atoms with Gasteiger partial charge in [0.25, 0.3) is 0 Å². The first-order chi connectivity index (χ1) is 20.6. The van der Waals surface area contributed by atoms with Gasteiger partial charge in [0.1, 0.15) is 0 Å². The predicted octanol–water partition coefficient (Wildman–Crippen LogP) is 3.89. The number of rotatable bonds is 8. The van der Waals surface area contributed by atoms with Crippen LogP contribution in [0.3, 0.4) is 0 Å². The number of anilines is 2. The van der Waals surface area contributed by atoms with Crippen molar-refractivity contribution in [1.82, 2.24) is 19.6 Å². The number of hydrogen-bond acceptors (Lipinski definition) is 8. The van der Waals surface area contributed by atoms with E-state index in [-0.39, 0.29) is 26.0 Å². The van der Waals surface area contributed by atoms with Gasteiger partial charge >= 0.3 is 226 Å². The van der Waals surface area contributed by atoms with E-state index in [0.717, 1.165) is 38.0 Å². The summed E-state index contributed by atoms with van der Waals surface area (Å²) in [6, 6.07) is 30.5. The molecule has 2 aromatic carbocycles. The fraction of sp³-hybridized carbons (Fsp3) is 0.281. The normalized spacial score (nSPS) is 14.7. The molecule has 1 fully saturated rings. The number of hydrogen-bond donors (Lipinski definition) is 2. The van der Waals surface area contributed by atoms with Crippen LogP contribution < -0.4 is 9.62 Å². The van der Waals surface area contributed by atoms with Crippen LogP contribution in [0.1, 0.15) is 20.3 Å². The quantitative estimate of drug-likeness (QED) is 0.208. The monoisotopic (exact) mass is 756 g/mol. The molecule has 2 atom stereocenters. The van der Waals surface area contributed by atoms with Gasteiger partial charge < -0.3 is 10.2 Å². The van der Waals surface area contributed by atoms with Gasteiger partial charge in [-0.2, -0.15) is 0 Å². The molecule has 0 amide bonds. The van der Waals surface area contributed by atoms with Crippen LogP contribution >= 0.6 is 0 Å². The summed E-state index contributed by atoms with van der Waals surface area (Å²) in [6.45, 7) is 3.50. The Hall–Kier alpha value is -3.13. The van der Waals surface area contributed by atoms with Gasteiger partial charge in [-0.05, 0) is 20.3 Å². The number of aliphatic hydroxyl groups is 2. The molecule has 1 aliphatic rings. The van der Waals surface area contributed by atoms with E-state index in [1.54, 1.807) is 13.8 Å². The molecule has 8 nitrogen and oxygen atoms in total. The van der Waals surface area contributed by atoms with Gasteiger partial charge in [0, 0.05) is 0 Å². The Labute approximate surface area is 267 Å². The zero-order chi connectivity index (χ0) is 31.1. The van der Waals surface area contributed by atoms with Gasteiger partial charge in [-0.15, -0.1) is 0 Å². The Bertz CT molecular complexity index is 1330. The average Bonchev–Trinajstić information content (AvgIpc) is 3.31. The Balaban J connectivity index is 0.000000541. The maximum absolute atomic E-state index is 8.56. The van der Waals surface area contributed by atoms with Crippen molar-refractivity contribution in [3.63, 3.8) is 0 Å². The minimum atomic E-state index is -0.375. The molecular formula is C32H39B2N6O2Pt-. The van der Waals surface area contributed by atoms with Crippen molar-refractivity contribution < 1.29 is 29.6 Å². The van der Waals surface area contributed by atoms with Crippen molar-refractivity contribution >= 4 is 29.3 Å². The molecule has 0 aliphatic carbocycles. The first kappa shape index (κ1) is 32.8. The van der Waals surface area contributed by atoms with Gasteiger partial charge in [-0.25, -0.2) is 0 Å². The van der Waals surface area contributed by atoms with E-state index in [4.69, 9.17) is 10.2 Å². The molecule has 11 heteroatoms. The van der Waals surface area contributed by atoms with E-state index in [9.17, 15) is 0 Å². The number of pyridine rings is 2. The second kappa shape index (κ2) is 15.0. The second-order valence-corrected chi connectivity index (χ2v) is 12.1. The number of benzene rings is 2. The molecule has 0 spiro atoms. The molecule has 5 rings (SSSR count). The molecule has 43 heavy (non-hydrogen) atoms. The molecular weight excluding hydrogens is 717 g/mol. The van der Waals surface area contributed by atoms with E-state index < -0.39 is 0 Å². The summed E-state index contributed by atoms with van der Waals surface area (Å²) >= 11 is 2.45. The average molecular weight is 756 g/mol. The standard InChI is InChI=1S/C27H27B2N6.C5H12O2.Pt/c1-32(2)28-29(33(3)4)35(25-17-13-23(14-18-25)27-10-6-8-20-31-27)21-34(28)24-15-11-22(12-16-24)26-9-5-7-19-30-26;1-4(6)3-5(2)7;/h5-17,19-20H,1-4H3;4-7H,3H2,1-2H3;/q-1;;. The second-order valence-electron chi connectivity index (χ2n) is 11.1. The minimum absolute atomic E-state index is 0.0833. The zero-order valence-corrected chi connectivity index (χ0v) is 27.8. The number of nitrogens with zero attached hydrogens (tertiary/aromatic N) is 6. The van der Waals surface area contributed by atoms with E-state index in [2.05, 4.69) is 119 Å². The molecule has 2 unspecified atom stereocenters. The van der Waals surface area contributed by atoms with Gasteiger partial charge in [0.05, 0.1) is 12.2 Å². The molecule has 0 bridgehead atoms. The third-order valence-electron chi connectivity index (χ3n) is 7.03. The van der Waals surface area contributed by atoms with Crippen LogP contribution in [0.2, 0.25) is 0 Å². The number of aliphatic hydroxyl groups excluding tert-OH is 2. The van der Waals surface area contributed by atoms with E-state index in [1.165, 1.54) is 0 Å². The van der Waals surface area contributed by atoms with Crippen molar-refractivity contribution in [3.8, 4) is 22.5 Å². The molecule has 0 radical (unpaired) electrons. The van der Waals surface area contributed by atoms with Gasteiger partial charge in [0.2, 0.25) is 0 Å². The third kappa shape index (κ3) is 8.08.